The Bertz CT molecular complexity index is 390. The van der Waals surface area contributed by atoms with Crippen molar-refractivity contribution in [3.05, 3.63) is 29.3 Å². The molecule has 1 aromatic rings. The van der Waals surface area contributed by atoms with Crippen LogP contribution >= 0.6 is 0 Å². The molecule has 0 fully saturated rings. The topological polar surface area (TPSA) is 75.3 Å². The van der Waals surface area contributed by atoms with Crippen LogP contribution < -0.4 is 11.3 Å². The standard InChI is InChI=1S/C8H7F3N2O2/c9-8(10,11)4-1-2-5(6(14)3-4)7(15)13-12/h1-3,14H,12H2,(H,13,15). The van der Waals surface area contributed by atoms with Crippen molar-refractivity contribution in [2.24, 2.45) is 5.84 Å². The third kappa shape index (κ3) is 2.38. The van der Waals surface area contributed by atoms with Gasteiger partial charge in [-0.1, -0.05) is 0 Å². The molecular weight excluding hydrogens is 213 g/mol. The molecule has 0 spiro atoms. The maximum absolute atomic E-state index is 12.1. The second-order valence-corrected chi connectivity index (χ2v) is 2.70. The quantitative estimate of drug-likeness (QED) is 0.375. The van der Waals surface area contributed by atoms with E-state index in [1.807, 2.05) is 0 Å². The summed E-state index contributed by atoms with van der Waals surface area (Å²) < 4.78 is 36.4. The first kappa shape index (κ1) is 11.3. The minimum Gasteiger partial charge on any atom is -0.507 e. The summed E-state index contributed by atoms with van der Waals surface area (Å²) in [6.45, 7) is 0. The van der Waals surface area contributed by atoms with Crippen LogP contribution in [-0.4, -0.2) is 11.0 Å². The predicted molar refractivity (Wildman–Crippen MR) is 44.8 cm³/mol. The molecule has 0 aliphatic rings. The van der Waals surface area contributed by atoms with E-state index in [0.717, 1.165) is 6.07 Å². The number of rotatable bonds is 1. The largest absolute Gasteiger partial charge is 0.507 e. The highest BCUT2D eigenvalue weighted by molar-refractivity contribution is 5.96. The first-order valence-electron chi connectivity index (χ1n) is 3.77. The van der Waals surface area contributed by atoms with E-state index in [4.69, 9.17) is 10.9 Å². The van der Waals surface area contributed by atoms with Crippen LogP contribution in [0.3, 0.4) is 0 Å². The zero-order valence-electron chi connectivity index (χ0n) is 7.30. The van der Waals surface area contributed by atoms with Crippen molar-refractivity contribution in [2.75, 3.05) is 0 Å². The lowest BCUT2D eigenvalue weighted by Gasteiger charge is -2.08. The van der Waals surface area contributed by atoms with Gasteiger partial charge in [-0.2, -0.15) is 13.2 Å². The molecule has 0 aliphatic heterocycles. The SMILES string of the molecule is NNC(=O)c1ccc(C(F)(F)F)cc1O. The first-order valence-corrected chi connectivity index (χ1v) is 3.77. The molecule has 0 bridgehead atoms. The van der Waals surface area contributed by atoms with Gasteiger partial charge in [0.05, 0.1) is 11.1 Å². The van der Waals surface area contributed by atoms with Gasteiger partial charge in [-0.05, 0) is 18.2 Å². The minimum absolute atomic E-state index is 0.314. The number of benzene rings is 1. The zero-order chi connectivity index (χ0) is 11.6. The molecular formula is C8H7F3N2O2. The summed E-state index contributed by atoms with van der Waals surface area (Å²) >= 11 is 0. The Morgan fingerprint density at radius 3 is 2.40 bits per heavy atom. The van der Waals surface area contributed by atoms with Crippen LogP contribution in [0.1, 0.15) is 15.9 Å². The second kappa shape index (κ2) is 3.77. The molecule has 0 saturated heterocycles. The van der Waals surface area contributed by atoms with E-state index in [0.29, 0.717) is 12.1 Å². The Hall–Kier alpha value is -1.76. The normalized spacial score (nSPS) is 11.2. The molecule has 4 nitrogen and oxygen atoms in total. The van der Waals surface area contributed by atoms with Crippen molar-refractivity contribution in [2.45, 2.75) is 6.18 Å². The third-order valence-corrected chi connectivity index (χ3v) is 1.70. The molecule has 15 heavy (non-hydrogen) atoms. The monoisotopic (exact) mass is 220 g/mol. The van der Waals surface area contributed by atoms with Crippen LogP contribution in [0.25, 0.3) is 0 Å². The summed E-state index contributed by atoms with van der Waals surface area (Å²) in [5, 5.41) is 9.14. The molecule has 82 valence electrons. The number of hydrogen-bond donors (Lipinski definition) is 3. The first-order chi connectivity index (χ1) is 6.86. The maximum Gasteiger partial charge on any atom is 0.416 e. The van der Waals surface area contributed by atoms with E-state index in [1.165, 1.54) is 0 Å². The number of nitrogen functional groups attached to an aromatic ring is 1. The van der Waals surface area contributed by atoms with Gasteiger partial charge in [0.1, 0.15) is 5.75 Å². The van der Waals surface area contributed by atoms with Crippen LogP contribution in [0.4, 0.5) is 13.2 Å². The predicted octanol–water partition coefficient (Wildman–Crippen LogP) is 1.01. The molecule has 1 aromatic carbocycles. The number of amides is 1. The molecule has 0 heterocycles. The van der Waals surface area contributed by atoms with Gasteiger partial charge in [0.2, 0.25) is 0 Å². The summed E-state index contributed by atoms with van der Waals surface area (Å²) in [4.78, 5) is 10.9. The Balaban J connectivity index is 3.15. The molecule has 0 radical (unpaired) electrons. The molecule has 0 unspecified atom stereocenters. The van der Waals surface area contributed by atoms with Crippen molar-refractivity contribution in [1.82, 2.24) is 5.43 Å². The highest BCUT2D eigenvalue weighted by atomic mass is 19.4. The van der Waals surface area contributed by atoms with Crippen molar-refractivity contribution < 1.29 is 23.1 Å². The van der Waals surface area contributed by atoms with Gasteiger partial charge in [0.25, 0.3) is 5.91 Å². The van der Waals surface area contributed by atoms with E-state index in [2.05, 4.69) is 0 Å². The summed E-state index contributed by atoms with van der Waals surface area (Å²) in [7, 11) is 0. The lowest BCUT2D eigenvalue weighted by molar-refractivity contribution is -0.137. The molecule has 4 N–H and O–H groups in total. The second-order valence-electron chi connectivity index (χ2n) is 2.70. The number of hydrazine groups is 1. The number of phenols is 1. The lowest BCUT2D eigenvalue weighted by atomic mass is 10.1. The van der Waals surface area contributed by atoms with Crippen molar-refractivity contribution in [3.8, 4) is 5.75 Å². The van der Waals surface area contributed by atoms with Gasteiger partial charge >= 0.3 is 6.18 Å². The third-order valence-electron chi connectivity index (χ3n) is 1.70. The van der Waals surface area contributed by atoms with Gasteiger partial charge < -0.3 is 5.11 Å². The van der Waals surface area contributed by atoms with Gasteiger partial charge in [-0.25, -0.2) is 5.84 Å². The highest BCUT2D eigenvalue weighted by Crippen LogP contribution is 2.32. The van der Waals surface area contributed by atoms with Crippen molar-refractivity contribution in [1.29, 1.82) is 0 Å². The number of carbonyl (C=O) groups is 1. The Morgan fingerprint density at radius 1 is 1.40 bits per heavy atom. The number of nitrogens with two attached hydrogens (primary N) is 1. The van der Waals surface area contributed by atoms with Crippen LogP contribution in [0, 0.1) is 0 Å². The molecule has 1 rings (SSSR count). The van der Waals surface area contributed by atoms with Crippen molar-refractivity contribution >= 4 is 5.91 Å². The van der Waals surface area contributed by atoms with E-state index < -0.39 is 23.4 Å². The van der Waals surface area contributed by atoms with Gasteiger partial charge in [0.15, 0.2) is 0 Å². The Morgan fingerprint density at radius 2 is 2.00 bits per heavy atom. The maximum atomic E-state index is 12.1. The molecule has 1 amide bonds. The Kier molecular flexibility index (Phi) is 2.85. The number of aromatic hydroxyl groups is 1. The summed E-state index contributed by atoms with van der Waals surface area (Å²) in [6, 6.07) is 2.00. The zero-order valence-corrected chi connectivity index (χ0v) is 7.30. The summed E-state index contributed by atoms with van der Waals surface area (Å²) in [5.41, 5.74) is 0.352. The minimum atomic E-state index is -4.56. The number of nitrogens with one attached hydrogen (secondary N) is 1. The Labute approximate surface area is 82.5 Å². The fraction of sp³-hybridized carbons (Fsp3) is 0.125. The number of carbonyl (C=O) groups excluding carboxylic acids is 1. The summed E-state index contributed by atoms with van der Waals surface area (Å²) in [5.74, 6) is 3.13. The number of hydrogen-bond acceptors (Lipinski definition) is 3. The smallest absolute Gasteiger partial charge is 0.416 e. The molecule has 0 atom stereocenters. The van der Waals surface area contributed by atoms with Crippen LogP contribution in [0.2, 0.25) is 0 Å². The van der Waals surface area contributed by atoms with E-state index >= 15 is 0 Å². The fourth-order valence-electron chi connectivity index (χ4n) is 0.978. The lowest BCUT2D eigenvalue weighted by Crippen LogP contribution is -2.30. The number of halogens is 3. The fourth-order valence-corrected chi connectivity index (χ4v) is 0.978. The molecule has 0 aromatic heterocycles. The number of phenolic OH excluding ortho intramolecular Hbond substituents is 1. The van der Waals surface area contributed by atoms with E-state index in [-0.39, 0.29) is 5.56 Å². The average molecular weight is 220 g/mol. The van der Waals surface area contributed by atoms with Gasteiger partial charge in [-0.3, -0.25) is 10.2 Å². The van der Waals surface area contributed by atoms with Crippen LogP contribution in [0.15, 0.2) is 18.2 Å². The van der Waals surface area contributed by atoms with Crippen LogP contribution in [0.5, 0.6) is 5.75 Å². The van der Waals surface area contributed by atoms with Gasteiger partial charge in [0, 0.05) is 0 Å². The van der Waals surface area contributed by atoms with E-state index in [1.54, 1.807) is 5.43 Å². The van der Waals surface area contributed by atoms with Crippen molar-refractivity contribution in [3.63, 3.8) is 0 Å². The molecule has 7 heteroatoms. The van der Waals surface area contributed by atoms with Crippen LogP contribution in [-0.2, 0) is 6.18 Å². The molecule has 0 saturated carbocycles. The van der Waals surface area contributed by atoms with Gasteiger partial charge in [-0.15, -0.1) is 0 Å². The van der Waals surface area contributed by atoms with E-state index in [9.17, 15) is 18.0 Å². The number of alkyl halides is 3. The molecule has 0 aliphatic carbocycles. The average Bonchev–Trinajstić information content (AvgIpc) is 2.15. The summed E-state index contributed by atoms with van der Waals surface area (Å²) in [6.07, 6.45) is -4.56. The highest BCUT2D eigenvalue weighted by Gasteiger charge is 2.31.